The minimum Gasteiger partial charge on any atom is -0.275 e. The van der Waals surface area contributed by atoms with Crippen molar-refractivity contribution in [2.75, 3.05) is 12.4 Å². The van der Waals surface area contributed by atoms with E-state index >= 15 is 0 Å². The van der Waals surface area contributed by atoms with Gasteiger partial charge in [-0.1, -0.05) is 11.8 Å². The number of aromatic nitrogens is 2. The largest absolute Gasteiger partial charge is 0.275 e. The zero-order valence-electron chi connectivity index (χ0n) is 9.28. The van der Waals surface area contributed by atoms with Crippen LogP contribution in [-0.4, -0.2) is 32.1 Å². The monoisotopic (exact) mass is 256 g/mol. The fourth-order valence-electron chi connectivity index (χ4n) is 1.46. The molecule has 0 aliphatic carbocycles. The predicted molar refractivity (Wildman–Crippen MR) is 62.2 cm³/mol. The molecule has 0 aromatic carbocycles. The molecule has 1 aliphatic heterocycles. The molecule has 1 saturated heterocycles. The van der Waals surface area contributed by atoms with Gasteiger partial charge in [0.05, 0.1) is 24.3 Å². The molecule has 17 heavy (non-hydrogen) atoms. The number of nitrogens with zero attached hydrogens (tertiary/aromatic N) is 4. The molecule has 0 saturated carbocycles. The summed E-state index contributed by atoms with van der Waals surface area (Å²) in [6.07, 6.45) is 4.54. The molecular formula is C9H12N4O3S. The van der Waals surface area contributed by atoms with Crippen LogP contribution in [0.3, 0.4) is 0 Å². The van der Waals surface area contributed by atoms with Crippen LogP contribution in [0.5, 0.6) is 0 Å². The van der Waals surface area contributed by atoms with Crippen molar-refractivity contribution in [2.45, 2.75) is 6.54 Å². The summed E-state index contributed by atoms with van der Waals surface area (Å²) in [5.74, 6) is 0.725. The van der Waals surface area contributed by atoms with Gasteiger partial charge in [0, 0.05) is 24.6 Å². The van der Waals surface area contributed by atoms with Crippen molar-refractivity contribution in [2.24, 2.45) is 7.05 Å². The Morgan fingerprint density at radius 1 is 1.76 bits per heavy atom. The van der Waals surface area contributed by atoms with Crippen molar-refractivity contribution in [3.05, 3.63) is 39.3 Å². The van der Waals surface area contributed by atoms with E-state index in [-0.39, 0.29) is 0 Å². The number of aryl methyl sites for hydroxylation is 1. The second-order valence-electron chi connectivity index (χ2n) is 3.49. The molecule has 92 valence electrons. The summed E-state index contributed by atoms with van der Waals surface area (Å²) in [5.41, 5.74) is 0.948. The van der Waals surface area contributed by atoms with Gasteiger partial charge in [0.15, 0.2) is 5.03 Å². The van der Waals surface area contributed by atoms with Gasteiger partial charge in [-0.25, -0.2) is 5.06 Å². The first kappa shape index (κ1) is 11.9. The Kier molecular flexibility index (Phi) is 3.64. The van der Waals surface area contributed by atoms with Crippen molar-refractivity contribution < 1.29 is 9.76 Å². The average Bonchev–Trinajstić information content (AvgIpc) is 2.66. The highest BCUT2D eigenvalue weighted by Gasteiger charge is 2.20. The van der Waals surface area contributed by atoms with Crippen molar-refractivity contribution in [1.82, 2.24) is 14.8 Å². The Balaban J connectivity index is 2.09. The Morgan fingerprint density at radius 2 is 2.59 bits per heavy atom. The first-order valence-corrected chi connectivity index (χ1v) is 6.00. The van der Waals surface area contributed by atoms with Gasteiger partial charge < -0.3 is 0 Å². The first-order chi connectivity index (χ1) is 8.15. The molecule has 1 aliphatic rings. The normalized spacial score (nSPS) is 18.6. The third-order valence-corrected chi connectivity index (χ3v) is 3.10. The third-order valence-electron chi connectivity index (χ3n) is 2.13. The fraction of sp³-hybridized carbons (Fsp3) is 0.444. The lowest BCUT2D eigenvalue weighted by molar-refractivity contribution is -0.405. The minimum absolute atomic E-state index is 0.459. The maximum Gasteiger partial charge on any atom is 0.266 e. The van der Waals surface area contributed by atoms with E-state index in [4.69, 9.17) is 4.84 Å². The quantitative estimate of drug-likeness (QED) is 0.593. The van der Waals surface area contributed by atoms with Gasteiger partial charge in [-0.2, -0.15) is 5.10 Å². The zero-order valence-corrected chi connectivity index (χ0v) is 10.1. The summed E-state index contributed by atoms with van der Waals surface area (Å²) < 4.78 is 1.68. The second-order valence-corrected chi connectivity index (χ2v) is 4.61. The van der Waals surface area contributed by atoms with Crippen LogP contribution in [-0.2, 0) is 18.4 Å². The summed E-state index contributed by atoms with van der Waals surface area (Å²) in [4.78, 5) is 15.4. The Labute approximate surface area is 102 Å². The Hall–Kier alpha value is -1.54. The molecule has 1 aromatic heterocycles. The van der Waals surface area contributed by atoms with Gasteiger partial charge in [-0.3, -0.25) is 19.6 Å². The van der Waals surface area contributed by atoms with Crippen LogP contribution < -0.4 is 0 Å². The molecule has 0 N–H and O–H groups in total. The van der Waals surface area contributed by atoms with Gasteiger partial charge in [0.2, 0.25) is 0 Å². The summed E-state index contributed by atoms with van der Waals surface area (Å²) in [6, 6.07) is 0. The van der Waals surface area contributed by atoms with Crippen LogP contribution >= 0.6 is 11.8 Å². The van der Waals surface area contributed by atoms with E-state index in [1.54, 1.807) is 10.9 Å². The van der Waals surface area contributed by atoms with Crippen molar-refractivity contribution in [3.63, 3.8) is 0 Å². The van der Waals surface area contributed by atoms with Crippen LogP contribution in [0.15, 0.2) is 23.6 Å². The molecule has 0 unspecified atom stereocenters. The second kappa shape index (κ2) is 5.19. The molecule has 0 bridgehead atoms. The van der Waals surface area contributed by atoms with Crippen molar-refractivity contribution in [1.29, 1.82) is 0 Å². The minimum atomic E-state index is -0.465. The van der Waals surface area contributed by atoms with E-state index < -0.39 is 4.92 Å². The molecule has 0 spiro atoms. The van der Waals surface area contributed by atoms with Gasteiger partial charge in [0.1, 0.15) is 0 Å². The number of hydrogen-bond donors (Lipinski definition) is 0. The lowest BCUT2D eigenvalue weighted by atomic mass is 10.3. The lowest BCUT2D eigenvalue weighted by Gasteiger charge is -2.27. The van der Waals surface area contributed by atoms with E-state index in [1.165, 1.54) is 16.8 Å². The summed E-state index contributed by atoms with van der Waals surface area (Å²) >= 11 is 1.42. The molecule has 1 fully saturated rings. The van der Waals surface area contributed by atoms with Gasteiger partial charge in [-0.15, -0.1) is 0 Å². The van der Waals surface area contributed by atoms with Gasteiger partial charge in [-0.05, 0) is 0 Å². The van der Waals surface area contributed by atoms with E-state index in [0.29, 0.717) is 18.2 Å². The molecule has 2 heterocycles. The Bertz CT molecular complexity index is 445. The smallest absolute Gasteiger partial charge is 0.266 e. The van der Waals surface area contributed by atoms with E-state index in [2.05, 4.69) is 5.10 Å². The molecule has 0 atom stereocenters. The van der Waals surface area contributed by atoms with Crippen LogP contribution in [0.25, 0.3) is 0 Å². The van der Waals surface area contributed by atoms with Crippen LogP contribution in [0.2, 0.25) is 0 Å². The number of nitro groups is 1. The SMILES string of the molecule is Cn1cc(CN2OCCS/C2=C\[N+](=O)[O-])cn1. The maximum atomic E-state index is 10.5. The average molecular weight is 256 g/mol. The molecule has 1 aromatic rings. The molecule has 2 rings (SSSR count). The summed E-state index contributed by atoms with van der Waals surface area (Å²) in [5, 5.41) is 16.6. The predicted octanol–water partition coefficient (Wildman–Crippen LogP) is 0.976. The fourth-order valence-corrected chi connectivity index (χ4v) is 2.25. The first-order valence-electron chi connectivity index (χ1n) is 5.01. The van der Waals surface area contributed by atoms with Gasteiger partial charge >= 0.3 is 0 Å². The highest BCUT2D eigenvalue weighted by atomic mass is 32.2. The van der Waals surface area contributed by atoms with Gasteiger partial charge in [0.25, 0.3) is 6.20 Å². The topological polar surface area (TPSA) is 73.4 Å². The van der Waals surface area contributed by atoms with Crippen molar-refractivity contribution >= 4 is 11.8 Å². The molecule has 8 heteroatoms. The summed E-state index contributed by atoms with van der Waals surface area (Å²) in [6.45, 7) is 1.01. The van der Waals surface area contributed by atoms with Crippen LogP contribution in [0, 0.1) is 10.1 Å². The highest BCUT2D eigenvalue weighted by molar-refractivity contribution is 8.03. The Morgan fingerprint density at radius 3 is 3.24 bits per heavy atom. The molecule has 0 amide bonds. The van der Waals surface area contributed by atoms with E-state index in [9.17, 15) is 10.1 Å². The molecule has 7 nitrogen and oxygen atoms in total. The zero-order chi connectivity index (χ0) is 12.3. The van der Waals surface area contributed by atoms with E-state index in [0.717, 1.165) is 17.5 Å². The van der Waals surface area contributed by atoms with Crippen LogP contribution in [0.1, 0.15) is 5.56 Å². The summed E-state index contributed by atoms with van der Waals surface area (Å²) in [7, 11) is 1.82. The van der Waals surface area contributed by atoms with Crippen LogP contribution in [0.4, 0.5) is 0 Å². The number of hydroxylamine groups is 2. The number of rotatable bonds is 3. The maximum absolute atomic E-state index is 10.5. The molecular weight excluding hydrogens is 244 g/mol. The molecule has 0 radical (unpaired) electrons. The number of hydrogen-bond acceptors (Lipinski definition) is 6. The third kappa shape index (κ3) is 3.21. The number of thioether (sulfide) groups is 1. The van der Waals surface area contributed by atoms with E-state index in [1.807, 2.05) is 13.2 Å². The lowest BCUT2D eigenvalue weighted by Crippen LogP contribution is -2.27. The highest BCUT2D eigenvalue weighted by Crippen LogP contribution is 2.26. The van der Waals surface area contributed by atoms with Crippen molar-refractivity contribution in [3.8, 4) is 0 Å². The standard InChI is InChI=1S/C9H12N4O3S/c1-11-5-8(4-10-11)6-12-9(7-13(14)15)17-3-2-16-12/h4-5,7H,2-3,6H2,1H3/b9-7-.